The van der Waals surface area contributed by atoms with Crippen molar-refractivity contribution < 1.29 is 9.90 Å². The molecule has 0 aliphatic carbocycles. The minimum atomic E-state index is -0.140. The van der Waals surface area contributed by atoms with Crippen LogP contribution in [0.1, 0.15) is 35.3 Å². The number of carbonyl (C=O) groups is 1. The zero-order valence-corrected chi connectivity index (χ0v) is 8.16. The van der Waals surface area contributed by atoms with Crippen LogP contribution in [0.5, 0.6) is 5.75 Å². The number of aromatic hydroxyl groups is 1. The molecule has 0 amide bonds. The summed E-state index contributed by atoms with van der Waals surface area (Å²) in [6.07, 6.45) is 0.623. The highest BCUT2D eigenvalue weighted by Gasteiger charge is 2.13. The van der Waals surface area contributed by atoms with Gasteiger partial charge in [0.1, 0.15) is 11.8 Å². The van der Waals surface area contributed by atoms with Crippen molar-refractivity contribution in [1.82, 2.24) is 0 Å². The largest absolute Gasteiger partial charge is 0.508 e. The van der Waals surface area contributed by atoms with Crippen molar-refractivity contribution in [3.8, 4) is 11.8 Å². The molecule has 0 aliphatic rings. The van der Waals surface area contributed by atoms with Crippen LogP contribution < -0.4 is 0 Å². The molecule has 0 aliphatic heterocycles. The maximum Gasteiger partial charge on any atom is 0.161 e. The molecule has 0 atom stereocenters. The minimum Gasteiger partial charge on any atom is -0.508 e. The van der Waals surface area contributed by atoms with Gasteiger partial charge in [-0.2, -0.15) is 5.26 Å². The Morgan fingerprint density at radius 2 is 2.21 bits per heavy atom. The summed E-state index contributed by atoms with van der Waals surface area (Å²) in [4.78, 5) is 11.3. The van der Waals surface area contributed by atoms with E-state index >= 15 is 0 Å². The number of aryl methyl sites for hydroxylation is 1. The number of phenols is 1. The smallest absolute Gasteiger partial charge is 0.161 e. The second-order valence-corrected chi connectivity index (χ2v) is 3.05. The second kappa shape index (κ2) is 3.93. The van der Waals surface area contributed by atoms with Gasteiger partial charge in [0.25, 0.3) is 0 Å². The van der Waals surface area contributed by atoms with Crippen LogP contribution in [0.4, 0.5) is 0 Å². The number of phenolic OH excluding ortho intramolecular Hbond substituents is 1. The molecule has 0 spiro atoms. The third-order valence-electron chi connectivity index (χ3n) is 2.06. The summed E-state index contributed by atoms with van der Waals surface area (Å²) in [7, 11) is 0. The summed E-state index contributed by atoms with van der Waals surface area (Å²) in [5, 5.41) is 18.1. The molecule has 1 N–H and O–H groups in total. The maximum atomic E-state index is 11.3. The molecule has 72 valence electrons. The van der Waals surface area contributed by atoms with Crippen LogP contribution in [-0.2, 0) is 6.42 Å². The number of benzene rings is 1. The molecule has 14 heavy (non-hydrogen) atoms. The number of ketones is 1. The van der Waals surface area contributed by atoms with Gasteiger partial charge < -0.3 is 5.11 Å². The van der Waals surface area contributed by atoms with Crippen LogP contribution in [0.3, 0.4) is 0 Å². The average Bonchev–Trinajstić information content (AvgIpc) is 2.15. The zero-order chi connectivity index (χ0) is 10.7. The normalized spacial score (nSPS) is 9.50. The van der Waals surface area contributed by atoms with Gasteiger partial charge in [0.2, 0.25) is 0 Å². The summed E-state index contributed by atoms with van der Waals surface area (Å²) >= 11 is 0. The molecule has 0 fully saturated rings. The number of hydrogen-bond donors (Lipinski definition) is 1. The Bertz CT molecular complexity index is 416. The lowest BCUT2D eigenvalue weighted by atomic mass is 9.96. The van der Waals surface area contributed by atoms with Crippen LogP contribution in [0, 0.1) is 11.3 Å². The molecule has 1 rings (SSSR count). The van der Waals surface area contributed by atoms with E-state index in [1.807, 2.05) is 13.0 Å². The molecule has 1 aromatic carbocycles. The molecule has 3 heteroatoms. The zero-order valence-electron chi connectivity index (χ0n) is 8.16. The molecule has 0 saturated heterocycles. The Morgan fingerprint density at radius 3 is 2.64 bits per heavy atom. The van der Waals surface area contributed by atoms with Crippen molar-refractivity contribution in [3.05, 3.63) is 28.8 Å². The van der Waals surface area contributed by atoms with Gasteiger partial charge in [0.05, 0.1) is 5.56 Å². The lowest BCUT2D eigenvalue weighted by molar-refractivity contribution is 0.101. The lowest BCUT2D eigenvalue weighted by Gasteiger charge is -2.07. The number of rotatable bonds is 2. The predicted molar refractivity (Wildman–Crippen MR) is 52.2 cm³/mol. The van der Waals surface area contributed by atoms with E-state index < -0.39 is 0 Å². The summed E-state index contributed by atoms with van der Waals surface area (Å²) in [6.45, 7) is 3.30. The first-order valence-corrected chi connectivity index (χ1v) is 4.37. The van der Waals surface area contributed by atoms with Crippen LogP contribution in [0.2, 0.25) is 0 Å². The third kappa shape index (κ3) is 1.74. The van der Waals surface area contributed by atoms with Gasteiger partial charge in [-0.25, -0.2) is 0 Å². The van der Waals surface area contributed by atoms with Crippen molar-refractivity contribution in [2.45, 2.75) is 20.3 Å². The molecule has 0 heterocycles. The van der Waals surface area contributed by atoms with E-state index in [0.29, 0.717) is 17.5 Å². The van der Waals surface area contributed by atoms with Crippen molar-refractivity contribution in [2.24, 2.45) is 0 Å². The van der Waals surface area contributed by atoms with Crippen LogP contribution in [0.25, 0.3) is 0 Å². The van der Waals surface area contributed by atoms with Crippen LogP contribution in [0.15, 0.2) is 12.1 Å². The first-order valence-electron chi connectivity index (χ1n) is 4.37. The van der Waals surface area contributed by atoms with Gasteiger partial charge in [-0.05, 0) is 31.0 Å². The van der Waals surface area contributed by atoms with Crippen molar-refractivity contribution >= 4 is 5.78 Å². The fraction of sp³-hybridized carbons (Fsp3) is 0.273. The van der Waals surface area contributed by atoms with E-state index in [4.69, 9.17) is 5.26 Å². The van der Waals surface area contributed by atoms with E-state index in [1.54, 1.807) is 0 Å². The van der Waals surface area contributed by atoms with Gasteiger partial charge in [0.15, 0.2) is 5.78 Å². The number of nitriles is 1. The highest BCUT2D eigenvalue weighted by Crippen LogP contribution is 2.22. The quantitative estimate of drug-likeness (QED) is 0.724. The van der Waals surface area contributed by atoms with Crippen molar-refractivity contribution in [2.75, 3.05) is 0 Å². The van der Waals surface area contributed by atoms with Gasteiger partial charge in [-0.15, -0.1) is 0 Å². The number of hydrogen-bond acceptors (Lipinski definition) is 3. The molecule has 0 aromatic heterocycles. The Hall–Kier alpha value is -1.82. The van der Waals surface area contributed by atoms with Gasteiger partial charge in [-0.3, -0.25) is 4.79 Å². The third-order valence-corrected chi connectivity index (χ3v) is 2.06. The fourth-order valence-corrected chi connectivity index (χ4v) is 1.47. The molecular formula is C11H11NO2. The predicted octanol–water partition coefficient (Wildman–Crippen LogP) is 2.03. The Balaban J connectivity index is 3.50. The first kappa shape index (κ1) is 10.3. The molecule has 0 saturated carbocycles. The van der Waals surface area contributed by atoms with E-state index in [1.165, 1.54) is 19.1 Å². The van der Waals surface area contributed by atoms with Gasteiger partial charge in [0, 0.05) is 5.56 Å². The van der Waals surface area contributed by atoms with E-state index in [9.17, 15) is 9.90 Å². The van der Waals surface area contributed by atoms with E-state index in [-0.39, 0.29) is 17.1 Å². The summed E-state index contributed by atoms with van der Waals surface area (Å²) in [6, 6.07) is 4.75. The summed E-state index contributed by atoms with van der Waals surface area (Å²) in [5.74, 6) is -0.109. The molecule has 1 aromatic rings. The minimum absolute atomic E-state index is 0.0309. The Labute approximate surface area is 82.6 Å². The maximum absolute atomic E-state index is 11.3. The SMILES string of the molecule is CCc1cc(O)cc(C#N)c1C(C)=O. The Morgan fingerprint density at radius 1 is 1.57 bits per heavy atom. The molecular weight excluding hydrogens is 178 g/mol. The standard InChI is InChI=1S/C11H11NO2/c1-3-8-4-10(14)5-9(6-12)11(8)7(2)13/h4-5,14H,3H2,1-2H3. The highest BCUT2D eigenvalue weighted by molar-refractivity contribution is 5.98. The number of Topliss-reactive ketones (excluding diaryl/α,β-unsaturated/α-hetero) is 1. The molecule has 0 unspecified atom stereocenters. The summed E-state index contributed by atoms with van der Waals surface area (Å²) in [5.41, 5.74) is 1.39. The second-order valence-electron chi connectivity index (χ2n) is 3.05. The first-order chi connectivity index (χ1) is 6.60. The van der Waals surface area contributed by atoms with Crippen LogP contribution in [-0.4, -0.2) is 10.9 Å². The monoisotopic (exact) mass is 189 g/mol. The number of carbonyl (C=O) groups excluding carboxylic acids is 1. The van der Waals surface area contributed by atoms with Crippen LogP contribution >= 0.6 is 0 Å². The van der Waals surface area contributed by atoms with Crippen molar-refractivity contribution in [1.29, 1.82) is 5.26 Å². The topological polar surface area (TPSA) is 61.1 Å². The average molecular weight is 189 g/mol. The number of nitrogens with zero attached hydrogens (tertiary/aromatic N) is 1. The molecule has 0 bridgehead atoms. The van der Waals surface area contributed by atoms with Gasteiger partial charge in [-0.1, -0.05) is 6.92 Å². The van der Waals surface area contributed by atoms with E-state index in [2.05, 4.69) is 0 Å². The van der Waals surface area contributed by atoms with E-state index in [0.717, 1.165) is 0 Å². The van der Waals surface area contributed by atoms with Gasteiger partial charge >= 0.3 is 0 Å². The fourth-order valence-electron chi connectivity index (χ4n) is 1.47. The lowest BCUT2D eigenvalue weighted by Crippen LogP contribution is -2.02. The molecule has 0 radical (unpaired) electrons. The Kier molecular flexibility index (Phi) is 2.88. The molecule has 3 nitrogen and oxygen atoms in total. The summed E-state index contributed by atoms with van der Waals surface area (Å²) < 4.78 is 0. The highest BCUT2D eigenvalue weighted by atomic mass is 16.3. The van der Waals surface area contributed by atoms with Crippen molar-refractivity contribution in [3.63, 3.8) is 0 Å².